The van der Waals surface area contributed by atoms with Gasteiger partial charge in [0.15, 0.2) is 0 Å². The van der Waals surface area contributed by atoms with E-state index in [0.29, 0.717) is 0 Å². The van der Waals surface area contributed by atoms with Crippen LogP contribution in [-0.2, 0) is 4.74 Å². The Morgan fingerprint density at radius 2 is 2.16 bits per heavy atom. The third-order valence-corrected chi connectivity index (χ3v) is 3.07. The highest BCUT2D eigenvalue weighted by Gasteiger charge is 2.28. The van der Waals surface area contributed by atoms with Crippen LogP contribution in [0.3, 0.4) is 0 Å². The van der Waals surface area contributed by atoms with Crippen LogP contribution in [0.15, 0.2) is 27.9 Å². The Balaban J connectivity index is 2.82. The van der Waals surface area contributed by atoms with Gasteiger partial charge in [-0.05, 0) is 65.3 Å². The van der Waals surface area contributed by atoms with Crippen molar-refractivity contribution >= 4 is 12.8 Å². The molecule has 0 aromatic rings. The molecule has 1 aliphatic rings. The van der Waals surface area contributed by atoms with Crippen molar-refractivity contribution in [3.8, 4) is 0 Å². The van der Waals surface area contributed by atoms with Crippen LogP contribution in [0.5, 0.6) is 0 Å². The summed E-state index contributed by atoms with van der Waals surface area (Å²) in [7, 11) is 0. The van der Waals surface area contributed by atoms with Gasteiger partial charge in [-0.1, -0.05) is 6.08 Å². The molecule has 1 unspecified atom stereocenters. The minimum Gasteiger partial charge on any atom is -0.444 e. The number of aliphatic imine (C=N–C) groups is 1. The molecular weight excluding hydrogens is 240 g/mol. The molecule has 0 aliphatic heterocycles. The number of amides is 1. The summed E-state index contributed by atoms with van der Waals surface area (Å²) >= 11 is 0. The van der Waals surface area contributed by atoms with Gasteiger partial charge in [-0.3, -0.25) is 4.99 Å². The minimum atomic E-state index is -0.484. The fraction of sp³-hybridized carbons (Fsp3) is 0.600. The molecule has 0 aromatic carbocycles. The first-order valence-electron chi connectivity index (χ1n) is 6.61. The average Bonchev–Trinajstić information content (AvgIpc) is 2.68. The summed E-state index contributed by atoms with van der Waals surface area (Å²) in [6.45, 7) is 13.2. The molecule has 106 valence electrons. The molecule has 0 saturated carbocycles. The second-order valence-electron chi connectivity index (χ2n) is 5.73. The Kier molecular flexibility index (Phi) is 4.92. The molecule has 1 amide bonds. The maximum Gasteiger partial charge on any atom is 0.408 e. The molecule has 0 aromatic heterocycles. The van der Waals surface area contributed by atoms with E-state index in [9.17, 15) is 4.79 Å². The Labute approximate surface area is 115 Å². The first-order chi connectivity index (χ1) is 8.78. The van der Waals surface area contributed by atoms with Gasteiger partial charge in [0, 0.05) is 5.70 Å². The van der Waals surface area contributed by atoms with Crippen LogP contribution in [0.25, 0.3) is 0 Å². The summed E-state index contributed by atoms with van der Waals surface area (Å²) in [6.07, 6.45) is 3.32. The van der Waals surface area contributed by atoms with E-state index in [4.69, 9.17) is 4.74 Å². The number of nitrogens with one attached hydrogen (secondary N) is 1. The molecule has 1 rings (SSSR count). The summed E-state index contributed by atoms with van der Waals surface area (Å²) in [6, 6.07) is -0.0356. The highest BCUT2D eigenvalue weighted by Crippen LogP contribution is 2.32. The fourth-order valence-electron chi connectivity index (χ4n) is 2.18. The second kappa shape index (κ2) is 6.04. The van der Waals surface area contributed by atoms with Gasteiger partial charge in [0.1, 0.15) is 5.60 Å². The Hall–Kier alpha value is -1.58. The van der Waals surface area contributed by atoms with Crippen molar-refractivity contribution in [3.63, 3.8) is 0 Å². The van der Waals surface area contributed by atoms with Crippen molar-refractivity contribution in [1.82, 2.24) is 5.32 Å². The van der Waals surface area contributed by atoms with Crippen LogP contribution in [-0.4, -0.2) is 24.5 Å². The third-order valence-electron chi connectivity index (χ3n) is 3.07. The van der Waals surface area contributed by atoms with Gasteiger partial charge in [-0.2, -0.15) is 0 Å². The van der Waals surface area contributed by atoms with Crippen LogP contribution in [0, 0.1) is 0 Å². The summed E-state index contributed by atoms with van der Waals surface area (Å²) in [4.78, 5) is 15.9. The lowest BCUT2D eigenvalue weighted by Gasteiger charge is -2.23. The van der Waals surface area contributed by atoms with Gasteiger partial charge < -0.3 is 10.1 Å². The van der Waals surface area contributed by atoms with Crippen molar-refractivity contribution in [2.24, 2.45) is 4.99 Å². The molecule has 0 saturated heterocycles. The van der Waals surface area contributed by atoms with Crippen LogP contribution in [0.2, 0.25) is 0 Å². The maximum absolute atomic E-state index is 11.8. The Bertz CT molecular complexity index is 428. The highest BCUT2D eigenvalue weighted by molar-refractivity contribution is 5.69. The molecule has 0 spiro atoms. The number of rotatable bonds is 3. The first kappa shape index (κ1) is 15.5. The summed E-state index contributed by atoms with van der Waals surface area (Å²) < 4.78 is 5.29. The number of hydrogen-bond donors (Lipinski definition) is 1. The smallest absolute Gasteiger partial charge is 0.408 e. The van der Waals surface area contributed by atoms with E-state index in [1.54, 1.807) is 0 Å². The van der Waals surface area contributed by atoms with Crippen LogP contribution >= 0.6 is 0 Å². The van der Waals surface area contributed by atoms with Gasteiger partial charge in [0.05, 0.1) is 6.04 Å². The minimum absolute atomic E-state index is 0.0356. The fourth-order valence-corrected chi connectivity index (χ4v) is 2.18. The van der Waals surface area contributed by atoms with Gasteiger partial charge in [0.25, 0.3) is 0 Å². The molecule has 4 nitrogen and oxygen atoms in total. The lowest BCUT2D eigenvalue weighted by Crippen LogP contribution is -2.39. The monoisotopic (exact) mass is 264 g/mol. The second-order valence-corrected chi connectivity index (χ2v) is 5.73. The van der Waals surface area contributed by atoms with E-state index < -0.39 is 5.60 Å². The van der Waals surface area contributed by atoms with Gasteiger partial charge in [0.2, 0.25) is 0 Å². The van der Waals surface area contributed by atoms with Crippen molar-refractivity contribution < 1.29 is 9.53 Å². The highest BCUT2D eigenvalue weighted by atomic mass is 16.6. The summed E-state index contributed by atoms with van der Waals surface area (Å²) in [5.74, 6) is 0. The number of hydrogen-bond acceptors (Lipinski definition) is 3. The van der Waals surface area contributed by atoms with Crippen molar-refractivity contribution in [1.29, 1.82) is 0 Å². The lowest BCUT2D eigenvalue weighted by molar-refractivity contribution is 0.0512. The quantitative estimate of drug-likeness (QED) is 0.792. The molecule has 0 bridgehead atoms. The number of allylic oxidation sites excluding steroid dienone is 2. The molecule has 1 N–H and O–H groups in total. The molecule has 0 fully saturated rings. The number of carbonyl (C=O) groups excluding carboxylic acids is 1. The van der Waals surface area contributed by atoms with E-state index >= 15 is 0 Å². The largest absolute Gasteiger partial charge is 0.444 e. The molecule has 19 heavy (non-hydrogen) atoms. The zero-order valence-corrected chi connectivity index (χ0v) is 12.5. The number of nitrogens with zero attached hydrogens (tertiary/aromatic N) is 1. The molecule has 0 radical (unpaired) electrons. The van der Waals surface area contributed by atoms with E-state index in [0.717, 1.165) is 29.7 Å². The molecular formula is C15H24N2O2. The average molecular weight is 264 g/mol. The molecule has 0 heterocycles. The molecule has 4 heteroatoms. The predicted octanol–water partition coefficient (Wildman–Crippen LogP) is 3.59. The molecule has 1 atom stereocenters. The zero-order valence-electron chi connectivity index (χ0n) is 12.5. The van der Waals surface area contributed by atoms with E-state index in [2.05, 4.69) is 17.0 Å². The summed E-state index contributed by atoms with van der Waals surface area (Å²) in [5, 5.41) is 2.92. The third kappa shape index (κ3) is 4.23. The number of carbonyl (C=O) groups is 1. The Morgan fingerprint density at radius 3 is 2.63 bits per heavy atom. The van der Waals surface area contributed by atoms with Crippen molar-refractivity contribution in [2.75, 3.05) is 0 Å². The van der Waals surface area contributed by atoms with Crippen molar-refractivity contribution in [3.05, 3.63) is 22.9 Å². The van der Waals surface area contributed by atoms with Gasteiger partial charge in [-0.25, -0.2) is 4.79 Å². The van der Waals surface area contributed by atoms with Crippen molar-refractivity contribution in [2.45, 2.75) is 59.1 Å². The summed E-state index contributed by atoms with van der Waals surface area (Å²) in [5.41, 5.74) is 2.68. The topological polar surface area (TPSA) is 50.7 Å². The molecule has 1 aliphatic carbocycles. The van der Waals surface area contributed by atoms with E-state index in [-0.39, 0.29) is 12.1 Å². The predicted molar refractivity (Wildman–Crippen MR) is 78.4 cm³/mol. The van der Waals surface area contributed by atoms with Gasteiger partial charge in [-0.15, -0.1) is 0 Å². The standard InChI is InChI=1S/C15H24N2O2/c1-7-10(2)13-11(16-6)8-9-12(13)17-14(18)19-15(3,4)5/h7,12H,6,8-9H2,1-5H3,(H,17,18)/b10-7-. The van der Waals surface area contributed by atoms with Crippen LogP contribution in [0.1, 0.15) is 47.5 Å². The van der Waals surface area contributed by atoms with Crippen LogP contribution < -0.4 is 5.32 Å². The Morgan fingerprint density at radius 1 is 1.53 bits per heavy atom. The zero-order chi connectivity index (χ0) is 14.6. The lowest BCUT2D eigenvalue weighted by atomic mass is 10.0. The first-order valence-corrected chi connectivity index (χ1v) is 6.61. The SMILES string of the molecule is C=NC1=C(/C(C)=C\C)C(NC(=O)OC(C)(C)C)CC1. The van der Waals surface area contributed by atoms with E-state index in [1.165, 1.54) is 0 Å². The maximum atomic E-state index is 11.8. The van der Waals surface area contributed by atoms with E-state index in [1.807, 2.05) is 40.7 Å². The van der Waals surface area contributed by atoms with Gasteiger partial charge >= 0.3 is 6.09 Å². The normalized spacial score (nSPS) is 20.5. The van der Waals surface area contributed by atoms with Crippen LogP contribution in [0.4, 0.5) is 4.79 Å². The number of alkyl carbamates (subject to hydrolysis) is 1. The number of ether oxygens (including phenoxy) is 1.